The second kappa shape index (κ2) is 11.4. The average Bonchev–Trinajstić information content (AvgIpc) is 3.16. The molecule has 4 saturated carbocycles. The number of thioether (sulfide) groups is 1. The number of hydrogen-bond donors (Lipinski definition) is 3. The Bertz CT molecular complexity index is 1300. The number of nitrogens with one attached hydrogen (secondary N) is 3. The van der Waals surface area contributed by atoms with Crippen molar-refractivity contribution in [1.29, 1.82) is 0 Å². The van der Waals surface area contributed by atoms with Gasteiger partial charge >= 0.3 is 0 Å². The molecular weight excluding hydrogens is 561 g/mol. The van der Waals surface area contributed by atoms with Crippen molar-refractivity contribution in [2.75, 3.05) is 18.9 Å². The van der Waals surface area contributed by atoms with Gasteiger partial charge in [-0.15, -0.1) is 11.8 Å². The molecule has 2 aromatic rings. The molecule has 41 heavy (non-hydrogen) atoms. The summed E-state index contributed by atoms with van der Waals surface area (Å²) in [6.07, 6.45) is 9.46. The van der Waals surface area contributed by atoms with Crippen LogP contribution in [0.15, 0.2) is 42.5 Å². The Balaban J connectivity index is 1.03. The van der Waals surface area contributed by atoms with Gasteiger partial charge in [-0.3, -0.25) is 14.9 Å². The van der Waals surface area contributed by atoms with Crippen LogP contribution in [0.5, 0.6) is 5.75 Å². The fourth-order valence-electron chi connectivity index (χ4n) is 7.54. The molecule has 5 aliphatic rings. The van der Waals surface area contributed by atoms with E-state index >= 15 is 0 Å². The normalized spacial score (nSPS) is 31.0. The summed E-state index contributed by atoms with van der Waals surface area (Å²) in [5.74, 6) is 1.04. The van der Waals surface area contributed by atoms with Crippen LogP contribution < -0.4 is 20.7 Å². The lowest BCUT2D eigenvalue weighted by molar-refractivity contribution is -0.184. The fourth-order valence-corrected chi connectivity index (χ4v) is 9.20. The van der Waals surface area contributed by atoms with Gasteiger partial charge in [-0.2, -0.15) is 0 Å². The molecule has 4 aliphatic carbocycles. The first-order chi connectivity index (χ1) is 19.7. The minimum atomic E-state index is -0.588. The molecule has 2 bridgehead atoms. The van der Waals surface area contributed by atoms with Crippen LogP contribution in [0.3, 0.4) is 0 Å². The first-order valence-corrected chi connectivity index (χ1v) is 16.3. The Morgan fingerprint density at radius 3 is 2.56 bits per heavy atom. The number of hydrogen-bond acceptors (Lipinski definition) is 5. The summed E-state index contributed by atoms with van der Waals surface area (Å²) in [4.78, 5) is 26.0. The summed E-state index contributed by atoms with van der Waals surface area (Å²) < 4.78 is 19.1. The van der Waals surface area contributed by atoms with E-state index in [-0.39, 0.29) is 51.1 Å². The molecule has 220 valence electrons. The highest BCUT2D eigenvalue weighted by Crippen LogP contribution is 2.67. The number of amides is 2. The lowest BCUT2D eigenvalue weighted by Crippen LogP contribution is -2.79. The van der Waals surface area contributed by atoms with Crippen LogP contribution in [0.4, 0.5) is 4.39 Å². The zero-order valence-electron chi connectivity index (χ0n) is 23.6. The largest absolute Gasteiger partial charge is 0.484 e. The van der Waals surface area contributed by atoms with Crippen LogP contribution in [0, 0.1) is 24.1 Å². The minimum Gasteiger partial charge on any atom is -0.484 e. The summed E-state index contributed by atoms with van der Waals surface area (Å²) in [6, 6.07) is 12.8. The number of benzene rings is 2. The summed E-state index contributed by atoms with van der Waals surface area (Å²) >= 11 is 7.67. The first-order valence-electron chi connectivity index (χ1n) is 14.8. The third kappa shape index (κ3) is 5.84. The molecule has 1 saturated heterocycles. The molecule has 6 nitrogen and oxygen atoms in total. The van der Waals surface area contributed by atoms with Gasteiger partial charge in [0.25, 0.3) is 5.91 Å². The van der Waals surface area contributed by atoms with E-state index in [4.69, 9.17) is 16.3 Å². The lowest BCUT2D eigenvalue weighted by atomic mass is 9.39. The van der Waals surface area contributed by atoms with Crippen molar-refractivity contribution in [1.82, 2.24) is 16.0 Å². The number of carbonyl (C=O) groups excluding carboxylic acids is 2. The van der Waals surface area contributed by atoms with E-state index in [1.165, 1.54) is 67.9 Å². The SMILES string of the molecule is Cc1cccc(C2NC(CNC(=O)C34CC(NC(=O)COc5ccc(Cl)c(F)c5)(C3)C4)(C3CCCCCC3)CS2)c1. The highest BCUT2D eigenvalue weighted by molar-refractivity contribution is 7.99. The van der Waals surface area contributed by atoms with Crippen molar-refractivity contribution >= 4 is 35.2 Å². The smallest absolute Gasteiger partial charge is 0.258 e. The van der Waals surface area contributed by atoms with Gasteiger partial charge in [0.1, 0.15) is 11.6 Å². The number of halogens is 2. The van der Waals surface area contributed by atoms with Crippen LogP contribution in [0.2, 0.25) is 5.02 Å². The summed E-state index contributed by atoms with van der Waals surface area (Å²) in [5.41, 5.74) is 1.73. The Hall–Kier alpha value is -2.29. The van der Waals surface area contributed by atoms with Gasteiger partial charge in [-0.1, -0.05) is 67.1 Å². The van der Waals surface area contributed by atoms with Crippen molar-refractivity contribution in [2.45, 2.75) is 81.2 Å². The molecule has 0 spiro atoms. The van der Waals surface area contributed by atoms with E-state index in [0.717, 1.165) is 5.75 Å². The topological polar surface area (TPSA) is 79.5 Å². The van der Waals surface area contributed by atoms with Crippen molar-refractivity contribution in [3.63, 3.8) is 0 Å². The monoisotopic (exact) mass is 599 g/mol. The molecule has 2 aromatic carbocycles. The second-order valence-electron chi connectivity index (χ2n) is 12.8. The van der Waals surface area contributed by atoms with E-state index in [2.05, 4.69) is 47.1 Å². The fraction of sp³-hybridized carbons (Fsp3) is 0.562. The number of carbonyl (C=O) groups is 2. The molecule has 5 fully saturated rings. The van der Waals surface area contributed by atoms with Gasteiger partial charge in [0.15, 0.2) is 6.61 Å². The molecule has 3 N–H and O–H groups in total. The van der Waals surface area contributed by atoms with Crippen molar-refractivity contribution in [3.05, 3.63) is 64.4 Å². The van der Waals surface area contributed by atoms with Gasteiger partial charge in [0.05, 0.1) is 15.8 Å². The van der Waals surface area contributed by atoms with Gasteiger partial charge in [-0.05, 0) is 62.6 Å². The molecule has 0 aromatic heterocycles. The van der Waals surface area contributed by atoms with E-state index in [9.17, 15) is 14.0 Å². The van der Waals surface area contributed by atoms with Gasteiger partial charge in [0, 0.05) is 29.4 Å². The average molecular weight is 600 g/mol. The Labute approximate surface area is 250 Å². The second-order valence-corrected chi connectivity index (χ2v) is 14.3. The maximum absolute atomic E-state index is 13.6. The van der Waals surface area contributed by atoms with Crippen LogP contribution >= 0.6 is 23.4 Å². The highest BCUT2D eigenvalue weighted by atomic mass is 35.5. The minimum absolute atomic E-state index is 0.00738. The van der Waals surface area contributed by atoms with Gasteiger partial charge in [-0.25, -0.2) is 4.39 Å². The molecule has 9 heteroatoms. The number of ether oxygens (including phenoxy) is 1. The van der Waals surface area contributed by atoms with Gasteiger partial charge < -0.3 is 15.4 Å². The molecule has 2 atom stereocenters. The van der Waals surface area contributed by atoms with E-state index < -0.39 is 5.82 Å². The third-order valence-corrected chi connectivity index (χ3v) is 11.4. The van der Waals surface area contributed by atoms with E-state index in [0.29, 0.717) is 31.7 Å². The molecule has 0 radical (unpaired) electrons. The Morgan fingerprint density at radius 2 is 1.85 bits per heavy atom. The zero-order chi connectivity index (χ0) is 28.7. The number of rotatable bonds is 9. The van der Waals surface area contributed by atoms with E-state index in [1.54, 1.807) is 0 Å². The maximum Gasteiger partial charge on any atom is 0.258 e. The summed E-state index contributed by atoms with van der Waals surface area (Å²) in [5, 5.41) is 10.7. The molecule has 2 unspecified atom stereocenters. The van der Waals surface area contributed by atoms with Crippen LogP contribution in [0.25, 0.3) is 0 Å². The van der Waals surface area contributed by atoms with Crippen molar-refractivity contribution < 1.29 is 18.7 Å². The molecule has 1 heterocycles. The standard InChI is InChI=1S/C32H39ClFN3O3S/c1-21-7-6-8-22(13-21)28-37-32(20-41-28,23-9-4-2-3-5-10-23)19-35-29(39)30-16-31(17-30,18-30)36-27(38)15-40-24-11-12-25(33)26(34)14-24/h6-8,11-14,23,28,37H,2-5,9-10,15-20H2,1H3,(H,35,39)(H,36,38). The lowest BCUT2D eigenvalue weighted by Gasteiger charge is -2.69. The maximum atomic E-state index is 13.6. The quantitative estimate of drug-likeness (QED) is 0.305. The first kappa shape index (κ1) is 28.8. The molecule has 2 amide bonds. The molecular formula is C32H39ClFN3O3S. The highest BCUT2D eigenvalue weighted by Gasteiger charge is 2.72. The predicted octanol–water partition coefficient (Wildman–Crippen LogP) is 6.07. The Kier molecular flexibility index (Phi) is 8.02. The summed E-state index contributed by atoms with van der Waals surface area (Å²) in [7, 11) is 0. The number of aryl methyl sites for hydroxylation is 1. The third-order valence-electron chi connectivity index (χ3n) is 9.65. The van der Waals surface area contributed by atoms with Crippen molar-refractivity contribution in [3.8, 4) is 5.75 Å². The summed E-state index contributed by atoms with van der Waals surface area (Å²) in [6.45, 7) is 2.56. The Morgan fingerprint density at radius 1 is 1.10 bits per heavy atom. The van der Waals surface area contributed by atoms with Crippen LogP contribution in [0.1, 0.15) is 74.3 Å². The van der Waals surface area contributed by atoms with E-state index in [1.807, 2.05) is 11.8 Å². The van der Waals surface area contributed by atoms with Crippen LogP contribution in [-0.2, 0) is 9.59 Å². The predicted molar refractivity (Wildman–Crippen MR) is 161 cm³/mol. The van der Waals surface area contributed by atoms with Crippen LogP contribution in [-0.4, -0.2) is 41.8 Å². The van der Waals surface area contributed by atoms with Crippen molar-refractivity contribution in [2.24, 2.45) is 11.3 Å². The molecule has 7 rings (SSSR count). The zero-order valence-corrected chi connectivity index (χ0v) is 25.1. The van der Waals surface area contributed by atoms with Gasteiger partial charge in [0.2, 0.25) is 5.91 Å². The molecule has 1 aliphatic heterocycles.